The summed E-state index contributed by atoms with van der Waals surface area (Å²) in [6.45, 7) is 4.84. The van der Waals surface area contributed by atoms with Gasteiger partial charge >= 0.3 is 0 Å². The number of likely N-dealkylation sites (tertiary alicyclic amines) is 1. The summed E-state index contributed by atoms with van der Waals surface area (Å²) in [4.78, 5) is 14.6. The van der Waals surface area contributed by atoms with Crippen molar-refractivity contribution in [2.45, 2.75) is 19.4 Å². The fraction of sp³-hybridized carbons (Fsp3) is 0.583. The molecule has 1 aliphatic rings. The van der Waals surface area contributed by atoms with Crippen molar-refractivity contribution in [3.8, 4) is 0 Å². The minimum Gasteiger partial charge on any atom is -0.392 e. The highest BCUT2D eigenvalue weighted by molar-refractivity contribution is 7.13. The van der Waals surface area contributed by atoms with Crippen LogP contribution in [0.3, 0.4) is 0 Å². The van der Waals surface area contributed by atoms with Gasteiger partial charge in [-0.05, 0) is 24.3 Å². The lowest BCUT2D eigenvalue weighted by Crippen LogP contribution is -2.34. The normalized spacial score (nSPS) is 20.3. The van der Waals surface area contributed by atoms with Crippen LogP contribution in [0.25, 0.3) is 0 Å². The number of nitrogens with one attached hydrogen (secondary N) is 1. The molecule has 2 N–H and O–H groups in total. The van der Waals surface area contributed by atoms with Gasteiger partial charge in [-0.25, -0.2) is 0 Å². The van der Waals surface area contributed by atoms with Crippen LogP contribution in [0.2, 0.25) is 5.02 Å². The van der Waals surface area contributed by atoms with Crippen molar-refractivity contribution in [3.63, 3.8) is 0 Å². The number of hydrogen-bond donors (Lipinski definition) is 2. The Labute approximate surface area is 116 Å². The van der Waals surface area contributed by atoms with E-state index in [0.29, 0.717) is 23.0 Å². The average Bonchev–Trinajstić information content (AvgIpc) is 2.87. The Morgan fingerprint density at radius 1 is 1.72 bits per heavy atom. The van der Waals surface area contributed by atoms with Gasteiger partial charge in [0.2, 0.25) is 0 Å². The number of aliphatic hydroxyl groups is 1. The highest BCUT2D eigenvalue weighted by Gasteiger charge is 2.20. The smallest absolute Gasteiger partial charge is 0.262 e. The van der Waals surface area contributed by atoms with Crippen molar-refractivity contribution in [3.05, 3.63) is 20.8 Å². The molecule has 4 nitrogen and oxygen atoms in total. The first-order valence-electron chi connectivity index (χ1n) is 6.00. The van der Waals surface area contributed by atoms with Gasteiger partial charge < -0.3 is 10.4 Å². The molecule has 0 bridgehead atoms. The molecule has 2 heterocycles. The molecule has 1 aliphatic heterocycles. The number of amides is 1. The van der Waals surface area contributed by atoms with E-state index in [4.69, 9.17) is 11.6 Å². The molecule has 1 saturated heterocycles. The Hall–Kier alpha value is -0.620. The monoisotopic (exact) mass is 288 g/mol. The summed E-state index contributed by atoms with van der Waals surface area (Å²) < 4.78 is 0. The van der Waals surface area contributed by atoms with E-state index < -0.39 is 0 Å². The van der Waals surface area contributed by atoms with Crippen LogP contribution < -0.4 is 5.32 Å². The number of thiophene rings is 1. The molecule has 0 aliphatic carbocycles. The molecule has 1 unspecified atom stereocenters. The van der Waals surface area contributed by atoms with E-state index in [1.807, 2.05) is 12.3 Å². The minimum absolute atomic E-state index is 0.113. The third-order valence-electron chi connectivity index (χ3n) is 3.07. The average molecular weight is 289 g/mol. The van der Waals surface area contributed by atoms with Crippen LogP contribution in [0.1, 0.15) is 21.7 Å². The Kier molecular flexibility index (Phi) is 4.61. The van der Waals surface area contributed by atoms with Gasteiger partial charge in [0.15, 0.2) is 0 Å². The lowest BCUT2D eigenvalue weighted by molar-refractivity contribution is 0.0953. The Morgan fingerprint density at radius 2 is 2.50 bits per heavy atom. The summed E-state index contributed by atoms with van der Waals surface area (Å²) in [5, 5.41) is 14.7. The number of aryl methyl sites for hydroxylation is 1. The summed E-state index contributed by atoms with van der Waals surface area (Å²) in [7, 11) is 0. The number of β-amino-alcohol motifs (C(OH)–C–C–N with tert-alkyl or cyclic N) is 1. The number of aliphatic hydroxyl groups excluding tert-OH is 1. The fourth-order valence-corrected chi connectivity index (χ4v) is 3.20. The molecule has 1 amide bonds. The SMILES string of the molecule is Cc1csc(C(=O)NCCN2CCC(O)C2)c1Cl. The van der Waals surface area contributed by atoms with E-state index in [1.54, 1.807) is 0 Å². The van der Waals surface area contributed by atoms with Crippen molar-refractivity contribution < 1.29 is 9.90 Å². The van der Waals surface area contributed by atoms with Crippen LogP contribution in [0.5, 0.6) is 0 Å². The minimum atomic E-state index is -0.213. The van der Waals surface area contributed by atoms with Crippen molar-refractivity contribution in [2.24, 2.45) is 0 Å². The van der Waals surface area contributed by atoms with Gasteiger partial charge in [0.05, 0.1) is 11.1 Å². The first-order valence-corrected chi connectivity index (χ1v) is 7.26. The van der Waals surface area contributed by atoms with E-state index in [9.17, 15) is 9.90 Å². The maximum Gasteiger partial charge on any atom is 0.262 e. The van der Waals surface area contributed by atoms with E-state index >= 15 is 0 Å². The summed E-state index contributed by atoms with van der Waals surface area (Å²) in [5.41, 5.74) is 0.939. The van der Waals surface area contributed by atoms with Gasteiger partial charge in [-0.3, -0.25) is 9.69 Å². The number of rotatable bonds is 4. The number of carbonyl (C=O) groups excluding carboxylic acids is 1. The first kappa shape index (κ1) is 13.8. The van der Waals surface area contributed by atoms with Crippen LogP contribution in [0.4, 0.5) is 0 Å². The van der Waals surface area contributed by atoms with Crippen molar-refractivity contribution in [1.82, 2.24) is 10.2 Å². The zero-order chi connectivity index (χ0) is 13.1. The van der Waals surface area contributed by atoms with E-state index in [0.717, 1.165) is 25.1 Å². The first-order chi connectivity index (χ1) is 8.58. The topological polar surface area (TPSA) is 52.6 Å². The molecule has 0 saturated carbocycles. The quantitative estimate of drug-likeness (QED) is 0.883. The fourth-order valence-electron chi connectivity index (χ4n) is 2.01. The Bertz CT molecular complexity index is 436. The van der Waals surface area contributed by atoms with Crippen LogP contribution in [0.15, 0.2) is 5.38 Å². The second-order valence-electron chi connectivity index (χ2n) is 4.56. The molecule has 2 rings (SSSR count). The third-order valence-corrected chi connectivity index (χ3v) is 4.76. The Balaban J connectivity index is 1.77. The maximum atomic E-state index is 11.9. The molecular formula is C12H17ClN2O2S. The summed E-state index contributed by atoms with van der Waals surface area (Å²) in [6, 6.07) is 0. The molecule has 0 aromatic carbocycles. The lowest BCUT2D eigenvalue weighted by Gasteiger charge is -2.14. The van der Waals surface area contributed by atoms with Crippen molar-refractivity contribution in [2.75, 3.05) is 26.2 Å². The van der Waals surface area contributed by atoms with Gasteiger partial charge in [0.25, 0.3) is 5.91 Å². The molecule has 0 spiro atoms. The zero-order valence-electron chi connectivity index (χ0n) is 10.3. The third kappa shape index (κ3) is 3.23. The molecule has 0 radical (unpaired) electrons. The number of carbonyl (C=O) groups is 1. The molecule has 1 aromatic heterocycles. The predicted molar refractivity (Wildman–Crippen MR) is 73.5 cm³/mol. The number of halogens is 1. The van der Waals surface area contributed by atoms with Crippen LogP contribution in [0, 0.1) is 6.92 Å². The summed E-state index contributed by atoms with van der Waals surface area (Å²) in [5.74, 6) is -0.113. The molecule has 1 fully saturated rings. The lowest BCUT2D eigenvalue weighted by atomic mass is 10.3. The number of hydrogen-bond acceptors (Lipinski definition) is 4. The van der Waals surface area contributed by atoms with Crippen LogP contribution in [-0.2, 0) is 0 Å². The summed E-state index contributed by atoms with van der Waals surface area (Å²) >= 11 is 7.40. The van der Waals surface area contributed by atoms with Gasteiger partial charge in [-0.1, -0.05) is 11.6 Å². The predicted octanol–water partition coefficient (Wildman–Crippen LogP) is 1.51. The molecule has 100 valence electrons. The molecule has 1 aromatic rings. The second kappa shape index (κ2) is 6.02. The van der Waals surface area contributed by atoms with Crippen LogP contribution in [-0.4, -0.2) is 48.2 Å². The van der Waals surface area contributed by atoms with E-state index in [2.05, 4.69) is 10.2 Å². The summed E-state index contributed by atoms with van der Waals surface area (Å²) in [6.07, 6.45) is 0.610. The van der Waals surface area contributed by atoms with Gasteiger partial charge in [-0.2, -0.15) is 0 Å². The van der Waals surface area contributed by atoms with Crippen LogP contribution >= 0.6 is 22.9 Å². The van der Waals surface area contributed by atoms with Crippen molar-refractivity contribution in [1.29, 1.82) is 0 Å². The molecule has 18 heavy (non-hydrogen) atoms. The molecule has 1 atom stereocenters. The largest absolute Gasteiger partial charge is 0.392 e. The van der Waals surface area contributed by atoms with Crippen molar-refractivity contribution >= 4 is 28.8 Å². The highest BCUT2D eigenvalue weighted by Crippen LogP contribution is 2.26. The zero-order valence-corrected chi connectivity index (χ0v) is 11.9. The van der Waals surface area contributed by atoms with Gasteiger partial charge in [0, 0.05) is 26.2 Å². The second-order valence-corrected chi connectivity index (χ2v) is 5.82. The maximum absolute atomic E-state index is 11.9. The van der Waals surface area contributed by atoms with Gasteiger partial charge in [0.1, 0.15) is 4.88 Å². The Morgan fingerprint density at radius 3 is 3.06 bits per heavy atom. The molecular weight excluding hydrogens is 272 g/mol. The van der Waals surface area contributed by atoms with E-state index in [-0.39, 0.29) is 12.0 Å². The number of nitrogens with zero attached hydrogens (tertiary/aromatic N) is 1. The highest BCUT2D eigenvalue weighted by atomic mass is 35.5. The van der Waals surface area contributed by atoms with E-state index in [1.165, 1.54) is 11.3 Å². The van der Waals surface area contributed by atoms with Gasteiger partial charge in [-0.15, -0.1) is 11.3 Å². The molecule has 6 heteroatoms. The standard InChI is InChI=1S/C12H17ClN2O2S/c1-8-7-18-11(10(8)13)12(17)14-3-5-15-4-2-9(16)6-15/h7,9,16H,2-6H2,1H3,(H,14,17).